The highest BCUT2D eigenvalue weighted by atomic mass is 16.7. The number of hydrogen-bond acceptors (Lipinski definition) is 6. The molecule has 0 saturated heterocycles. The average Bonchev–Trinajstić information content (AvgIpc) is 3.57. The predicted molar refractivity (Wildman–Crippen MR) is 157 cm³/mol. The summed E-state index contributed by atoms with van der Waals surface area (Å²) in [4.78, 5) is 29.2. The lowest BCUT2D eigenvalue weighted by Crippen LogP contribution is -2.39. The van der Waals surface area contributed by atoms with Gasteiger partial charge in [-0.1, -0.05) is 18.2 Å². The fourth-order valence-corrected chi connectivity index (χ4v) is 5.74. The van der Waals surface area contributed by atoms with E-state index in [1.807, 2.05) is 67.9 Å². The third kappa shape index (κ3) is 5.87. The van der Waals surface area contributed by atoms with Crippen molar-refractivity contribution in [2.24, 2.45) is 5.92 Å². The Morgan fingerprint density at radius 3 is 2.76 bits per heavy atom. The summed E-state index contributed by atoms with van der Waals surface area (Å²) in [5, 5.41) is 14.6. The molecule has 0 unspecified atom stereocenters. The molecule has 2 aromatic heterocycles. The lowest BCUT2D eigenvalue weighted by atomic mass is 9.80. The van der Waals surface area contributed by atoms with Gasteiger partial charge in [-0.3, -0.25) is 14.2 Å². The molecule has 2 aromatic carbocycles. The van der Waals surface area contributed by atoms with Gasteiger partial charge in [-0.15, -0.1) is 0 Å². The molecule has 5 rings (SSSR count). The van der Waals surface area contributed by atoms with E-state index in [2.05, 4.69) is 10.3 Å². The molecule has 3 heterocycles. The molecule has 0 saturated carbocycles. The Kier molecular flexibility index (Phi) is 8.75. The Hall–Kier alpha value is -4.08. The van der Waals surface area contributed by atoms with Crippen LogP contribution in [0.15, 0.2) is 66.7 Å². The van der Waals surface area contributed by atoms with Crippen LogP contribution in [0.1, 0.15) is 48.5 Å². The zero-order valence-corrected chi connectivity index (χ0v) is 23.7. The normalized spacial score (nSPS) is 18.7. The number of ether oxygens (including phenoxy) is 3. The summed E-state index contributed by atoms with van der Waals surface area (Å²) >= 11 is 0. The number of allylic oxidation sites excluding steroid dienone is 1. The molecule has 3 atom stereocenters. The Morgan fingerprint density at radius 2 is 2.00 bits per heavy atom. The molecular weight excluding hydrogens is 522 g/mol. The first-order valence-electron chi connectivity index (χ1n) is 14.1. The molecule has 3 N–H and O–H groups in total. The first kappa shape index (κ1) is 28.4. The van der Waals surface area contributed by atoms with Gasteiger partial charge in [0.05, 0.1) is 12.6 Å². The van der Waals surface area contributed by atoms with Crippen molar-refractivity contribution in [2.75, 3.05) is 26.9 Å². The van der Waals surface area contributed by atoms with Crippen molar-refractivity contribution in [2.45, 2.75) is 45.3 Å². The first-order valence-corrected chi connectivity index (χ1v) is 14.1. The second-order valence-corrected chi connectivity index (χ2v) is 10.2. The smallest absolute Gasteiger partial charge is 0.286 e. The van der Waals surface area contributed by atoms with Crippen LogP contribution in [0, 0.1) is 5.92 Å². The molecule has 216 valence electrons. The molecule has 1 aliphatic heterocycles. The molecule has 0 aliphatic carbocycles. The summed E-state index contributed by atoms with van der Waals surface area (Å²) in [7, 11) is 1.64. The number of amides is 1. The van der Waals surface area contributed by atoms with Crippen LogP contribution >= 0.6 is 0 Å². The fourth-order valence-electron chi connectivity index (χ4n) is 5.74. The summed E-state index contributed by atoms with van der Waals surface area (Å²) in [6.07, 6.45) is 6.78. The molecule has 4 aromatic rings. The summed E-state index contributed by atoms with van der Waals surface area (Å²) in [6.45, 7) is 4.27. The number of nitrogens with one attached hydrogen (secondary N) is 2. The largest absolute Gasteiger partial charge is 0.497 e. The maximum Gasteiger partial charge on any atom is 0.286 e. The number of carbonyl (C=O) groups excluding carboxylic acids is 2. The van der Waals surface area contributed by atoms with Crippen molar-refractivity contribution in [1.82, 2.24) is 14.9 Å². The van der Waals surface area contributed by atoms with E-state index < -0.39 is 6.29 Å². The van der Waals surface area contributed by atoms with E-state index in [-0.39, 0.29) is 36.0 Å². The highest BCUT2D eigenvalue weighted by Crippen LogP contribution is 2.42. The Labute approximate surface area is 239 Å². The van der Waals surface area contributed by atoms with E-state index in [1.54, 1.807) is 11.7 Å². The number of carbonyl (C=O) groups is 2. The lowest BCUT2D eigenvalue weighted by molar-refractivity contribution is -0.166. The fraction of sp³-hybridized carbons (Fsp3) is 0.375. The molecule has 0 spiro atoms. The van der Waals surface area contributed by atoms with Crippen LogP contribution in [0.2, 0.25) is 0 Å². The summed E-state index contributed by atoms with van der Waals surface area (Å²) < 4.78 is 19.2. The minimum atomic E-state index is -0.678. The number of aliphatic hydroxyl groups excluding tert-OH is 1. The maximum absolute atomic E-state index is 13.4. The van der Waals surface area contributed by atoms with E-state index in [9.17, 15) is 14.7 Å². The molecule has 0 radical (unpaired) electrons. The van der Waals surface area contributed by atoms with Gasteiger partial charge < -0.3 is 29.6 Å². The van der Waals surface area contributed by atoms with Gasteiger partial charge in [-0.25, -0.2) is 0 Å². The van der Waals surface area contributed by atoms with Crippen LogP contribution in [0.25, 0.3) is 21.8 Å². The number of methoxy groups -OCH3 is 1. The van der Waals surface area contributed by atoms with Gasteiger partial charge in [0.2, 0.25) is 12.2 Å². The Morgan fingerprint density at radius 1 is 1.17 bits per heavy atom. The number of H-pyrrole nitrogens is 1. The summed E-state index contributed by atoms with van der Waals surface area (Å²) in [5.74, 6) is 0.120. The summed E-state index contributed by atoms with van der Waals surface area (Å²) in [6, 6.07) is 13.6. The predicted octanol–water partition coefficient (Wildman–Crippen LogP) is 4.90. The van der Waals surface area contributed by atoms with E-state index >= 15 is 0 Å². The number of nitrogens with zero attached hydrogens (tertiary/aromatic N) is 1. The van der Waals surface area contributed by atoms with Crippen LogP contribution in [0.3, 0.4) is 0 Å². The van der Waals surface area contributed by atoms with Crippen molar-refractivity contribution in [3.63, 3.8) is 0 Å². The van der Waals surface area contributed by atoms with Gasteiger partial charge in [-0.05, 0) is 67.7 Å². The summed E-state index contributed by atoms with van der Waals surface area (Å²) in [5.41, 5.74) is 3.81. The van der Waals surface area contributed by atoms with E-state index in [1.165, 1.54) is 6.92 Å². The van der Waals surface area contributed by atoms with Gasteiger partial charge in [-0.2, -0.15) is 0 Å². The maximum atomic E-state index is 13.4. The number of benzene rings is 2. The van der Waals surface area contributed by atoms with E-state index in [0.717, 1.165) is 38.7 Å². The van der Waals surface area contributed by atoms with Crippen molar-refractivity contribution < 1.29 is 28.9 Å². The van der Waals surface area contributed by atoms with E-state index in [4.69, 9.17) is 14.2 Å². The van der Waals surface area contributed by atoms with Crippen molar-refractivity contribution in [1.29, 1.82) is 0 Å². The first-order chi connectivity index (χ1) is 19.9. The molecule has 9 heteroatoms. The topological polar surface area (TPSA) is 115 Å². The third-order valence-electron chi connectivity index (χ3n) is 7.73. The molecule has 9 nitrogen and oxygen atoms in total. The highest BCUT2D eigenvalue weighted by molar-refractivity contribution is 5.95. The van der Waals surface area contributed by atoms with Crippen LogP contribution in [-0.2, 0) is 20.7 Å². The van der Waals surface area contributed by atoms with Crippen molar-refractivity contribution >= 4 is 33.6 Å². The zero-order chi connectivity index (χ0) is 28.9. The molecule has 41 heavy (non-hydrogen) atoms. The molecule has 0 fully saturated rings. The number of aromatic amines is 1. The van der Waals surface area contributed by atoms with Gasteiger partial charge in [0, 0.05) is 67.2 Å². The van der Waals surface area contributed by atoms with Crippen molar-refractivity contribution in [3.8, 4) is 5.75 Å². The van der Waals surface area contributed by atoms with Crippen LogP contribution < -0.4 is 10.1 Å². The monoisotopic (exact) mass is 559 g/mol. The average molecular weight is 560 g/mol. The number of aromatic nitrogens is 2. The zero-order valence-electron chi connectivity index (χ0n) is 23.7. The molecule has 1 aliphatic rings. The molecule has 0 bridgehead atoms. The second-order valence-electron chi connectivity index (χ2n) is 10.2. The third-order valence-corrected chi connectivity index (χ3v) is 7.73. The van der Waals surface area contributed by atoms with Crippen LogP contribution in [0.5, 0.6) is 5.75 Å². The minimum Gasteiger partial charge on any atom is -0.497 e. The van der Waals surface area contributed by atoms with Gasteiger partial charge in [0.25, 0.3) is 5.91 Å². The number of aliphatic hydroxyl groups is 1. The van der Waals surface area contributed by atoms with E-state index in [0.29, 0.717) is 32.4 Å². The minimum absolute atomic E-state index is 0.0358. The second kappa shape index (κ2) is 12.6. The molecule has 1 amide bonds. The van der Waals surface area contributed by atoms with Crippen molar-refractivity contribution in [3.05, 3.63) is 77.8 Å². The number of para-hydroxylation sites is 1. The lowest BCUT2D eigenvalue weighted by Gasteiger charge is -2.36. The SMILES string of the molecule is CCO[C@H]1OC(C(=O)NCCc2c[nH]c3ccc(OC)cc23)=C[C@@H](c2cn(C(C)=O)c3ccccc23)[C@H]1CCCO. The Bertz CT molecular complexity index is 1570. The van der Waals surface area contributed by atoms with Crippen LogP contribution in [-0.4, -0.2) is 59.6 Å². The van der Waals surface area contributed by atoms with Gasteiger partial charge in [0.1, 0.15) is 5.75 Å². The number of rotatable bonds is 11. The van der Waals surface area contributed by atoms with Gasteiger partial charge in [0.15, 0.2) is 5.76 Å². The highest BCUT2D eigenvalue weighted by Gasteiger charge is 2.39. The molecular formula is C32H37N3O6. The number of fused-ring (bicyclic) bond motifs is 2. The quantitative estimate of drug-likeness (QED) is 0.241. The van der Waals surface area contributed by atoms with Crippen LogP contribution in [0.4, 0.5) is 0 Å². The Balaban J connectivity index is 1.43. The standard InChI is InChI=1S/C32H37N3O6/c1-4-40-32-24(9-7-15-36)26(27-19-35(20(2)37)29-10-6-5-8-23(27)29)17-30(41-32)31(38)33-14-13-21-18-34-28-12-11-22(39-3)16-25(21)28/h5-6,8,10-12,16-19,24,26,32,34,36H,4,7,9,13-15H2,1-3H3,(H,33,38)/t24-,26-,32+/m1/s1. The number of hydrogen-bond donors (Lipinski definition) is 3. The van der Waals surface area contributed by atoms with Gasteiger partial charge >= 0.3 is 0 Å².